The molecule has 3 nitrogen and oxygen atoms in total. The van der Waals surface area contributed by atoms with Gasteiger partial charge in [-0.05, 0) is 6.92 Å². The number of hydrogen-bond donors (Lipinski definition) is 0. The van der Waals surface area contributed by atoms with E-state index in [9.17, 15) is 4.79 Å². The largest absolute Gasteiger partial charge is 0.290 e. The van der Waals surface area contributed by atoms with Crippen LogP contribution in [0, 0.1) is 6.92 Å². The van der Waals surface area contributed by atoms with Gasteiger partial charge >= 0.3 is 0 Å². The van der Waals surface area contributed by atoms with Crippen LogP contribution in [-0.4, -0.2) is 22.2 Å². The van der Waals surface area contributed by atoms with Gasteiger partial charge in [0.2, 0.25) is 6.29 Å². The standard InChI is InChI=1S/C5H5N2OS2/c1-4-6-7-5(10-4)9-3-2-8/h3H2,1H3. The molecule has 0 aliphatic heterocycles. The first-order chi connectivity index (χ1) is 4.83. The van der Waals surface area contributed by atoms with Crippen molar-refractivity contribution in [3.05, 3.63) is 5.01 Å². The molecule has 0 unspecified atom stereocenters. The van der Waals surface area contributed by atoms with Crippen molar-refractivity contribution >= 4 is 29.4 Å². The SMILES string of the molecule is Cc1nnc(SC[C]=O)s1. The van der Waals surface area contributed by atoms with Crippen LogP contribution < -0.4 is 0 Å². The van der Waals surface area contributed by atoms with Gasteiger partial charge < -0.3 is 0 Å². The Balaban J connectivity index is 2.49. The second-order valence-electron chi connectivity index (χ2n) is 1.52. The smallest absolute Gasteiger partial charge is 0.209 e. The fraction of sp³-hybridized carbons (Fsp3) is 0.400. The van der Waals surface area contributed by atoms with Crippen molar-refractivity contribution in [1.29, 1.82) is 0 Å². The number of carbonyl (C=O) groups excluding carboxylic acids is 1. The molecule has 5 heteroatoms. The summed E-state index contributed by atoms with van der Waals surface area (Å²) in [6.45, 7) is 1.88. The molecule has 0 saturated heterocycles. The van der Waals surface area contributed by atoms with Gasteiger partial charge in [0, 0.05) is 0 Å². The topological polar surface area (TPSA) is 42.9 Å². The van der Waals surface area contributed by atoms with Crippen molar-refractivity contribution in [3.63, 3.8) is 0 Å². The zero-order valence-corrected chi connectivity index (χ0v) is 6.96. The molecule has 0 spiro atoms. The number of hydrogen-bond acceptors (Lipinski definition) is 5. The van der Waals surface area contributed by atoms with E-state index in [1.165, 1.54) is 23.1 Å². The molecule has 0 atom stereocenters. The fourth-order valence-electron chi connectivity index (χ4n) is 0.428. The van der Waals surface area contributed by atoms with Gasteiger partial charge in [0.25, 0.3) is 0 Å². The molecule has 1 rings (SSSR count). The normalized spacial score (nSPS) is 9.70. The minimum Gasteiger partial charge on any atom is -0.290 e. The first-order valence-corrected chi connectivity index (χ1v) is 4.41. The van der Waals surface area contributed by atoms with Crippen LogP contribution in [0.25, 0.3) is 0 Å². The molecule has 10 heavy (non-hydrogen) atoms. The van der Waals surface area contributed by atoms with E-state index < -0.39 is 0 Å². The highest BCUT2D eigenvalue weighted by Gasteiger charge is 1.98. The average Bonchev–Trinajstić information content (AvgIpc) is 2.31. The fourth-order valence-corrected chi connectivity index (χ4v) is 1.90. The molecular weight excluding hydrogens is 168 g/mol. The zero-order chi connectivity index (χ0) is 7.40. The Morgan fingerprint density at radius 1 is 1.70 bits per heavy atom. The molecule has 0 amide bonds. The minimum atomic E-state index is 0.342. The summed E-state index contributed by atoms with van der Waals surface area (Å²) in [6, 6.07) is 0. The molecule has 1 aromatic rings. The van der Waals surface area contributed by atoms with Crippen molar-refractivity contribution < 1.29 is 4.79 Å². The number of aromatic nitrogens is 2. The molecule has 0 fully saturated rings. The lowest BCUT2D eigenvalue weighted by Crippen LogP contribution is -1.77. The van der Waals surface area contributed by atoms with Gasteiger partial charge in [-0.15, -0.1) is 10.2 Å². The predicted octanol–water partition coefficient (Wildman–Crippen LogP) is 1.05. The van der Waals surface area contributed by atoms with Crippen LogP contribution in [-0.2, 0) is 4.79 Å². The van der Waals surface area contributed by atoms with Gasteiger partial charge in [-0.1, -0.05) is 23.1 Å². The predicted molar refractivity (Wildman–Crippen MR) is 41.1 cm³/mol. The molecule has 1 heterocycles. The quantitative estimate of drug-likeness (QED) is 0.641. The lowest BCUT2D eigenvalue weighted by molar-refractivity contribution is 0.560. The van der Waals surface area contributed by atoms with Crippen LogP contribution in [0.5, 0.6) is 0 Å². The molecule has 0 aromatic carbocycles. The van der Waals surface area contributed by atoms with E-state index in [4.69, 9.17) is 0 Å². The van der Waals surface area contributed by atoms with E-state index in [1.54, 1.807) is 6.29 Å². The molecule has 0 N–H and O–H groups in total. The van der Waals surface area contributed by atoms with Crippen molar-refractivity contribution in [2.24, 2.45) is 0 Å². The first kappa shape index (κ1) is 7.68. The highest BCUT2D eigenvalue weighted by atomic mass is 32.2. The van der Waals surface area contributed by atoms with E-state index in [0.717, 1.165) is 9.35 Å². The Labute approximate surface area is 66.9 Å². The van der Waals surface area contributed by atoms with Crippen molar-refractivity contribution in [2.75, 3.05) is 5.75 Å². The Bertz CT molecular complexity index is 223. The number of nitrogens with zero attached hydrogens (tertiary/aromatic N) is 2. The van der Waals surface area contributed by atoms with Crippen LogP contribution in [0.2, 0.25) is 0 Å². The molecule has 0 aliphatic carbocycles. The maximum atomic E-state index is 9.80. The first-order valence-electron chi connectivity index (χ1n) is 2.61. The second kappa shape index (κ2) is 3.68. The molecule has 0 aliphatic rings. The van der Waals surface area contributed by atoms with E-state index in [1.807, 2.05) is 6.92 Å². The van der Waals surface area contributed by atoms with Gasteiger partial charge in [0.15, 0.2) is 4.34 Å². The van der Waals surface area contributed by atoms with Crippen molar-refractivity contribution in [1.82, 2.24) is 10.2 Å². The van der Waals surface area contributed by atoms with Gasteiger partial charge in [-0.3, -0.25) is 4.79 Å². The number of aryl methyl sites for hydroxylation is 1. The lowest BCUT2D eigenvalue weighted by Gasteiger charge is -1.81. The molecule has 0 bridgehead atoms. The summed E-state index contributed by atoms with van der Waals surface area (Å²) in [7, 11) is 0. The lowest BCUT2D eigenvalue weighted by atomic mass is 10.9. The monoisotopic (exact) mass is 173 g/mol. The molecule has 53 valence electrons. The maximum Gasteiger partial charge on any atom is 0.209 e. The van der Waals surface area contributed by atoms with Gasteiger partial charge in [0.1, 0.15) is 5.01 Å². The van der Waals surface area contributed by atoms with E-state index in [-0.39, 0.29) is 0 Å². The number of rotatable bonds is 3. The molecule has 1 radical (unpaired) electrons. The van der Waals surface area contributed by atoms with Crippen LogP contribution in [0.15, 0.2) is 4.34 Å². The van der Waals surface area contributed by atoms with E-state index in [2.05, 4.69) is 10.2 Å². The summed E-state index contributed by atoms with van der Waals surface area (Å²) in [5.74, 6) is 0.342. The van der Waals surface area contributed by atoms with Crippen LogP contribution >= 0.6 is 23.1 Å². The van der Waals surface area contributed by atoms with Crippen LogP contribution in [0.4, 0.5) is 0 Å². The van der Waals surface area contributed by atoms with Gasteiger partial charge in [0.05, 0.1) is 5.75 Å². The van der Waals surface area contributed by atoms with Crippen molar-refractivity contribution in [3.8, 4) is 0 Å². The Morgan fingerprint density at radius 3 is 3.00 bits per heavy atom. The Morgan fingerprint density at radius 2 is 2.50 bits per heavy atom. The maximum absolute atomic E-state index is 9.80. The summed E-state index contributed by atoms with van der Waals surface area (Å²) in [6.07, 6.45) is 1.78. The Kier molecular flexibility index (Phi) is 2.82. The summed E-state index contributed by atoms with van der Waals surface area (Å²) in [5, 5.41) is 8.52. The summed E-state index contributed by atoms with van der Waals surface area (Å²) in [5.41, 5.74) is 0. The third-order valence-electron chi connectivity index (χ3n) is 0.762. The molecular formula is C5H5N2OS2. The number of thioether (sulfide) groups is 1. The third kappa shape index (κ3) is 2.07. The highest BCUT2D eigenvalue weighted by Crippen LogP contribution is 2.20. The second-order valence-corrected chi connectivity index (χ2v) is 3.92. The summed E-state index contributed by atoms with van der Waals surface area (Å²) in [4.78, 5) is 9.80. The van der Waals surface area contributed by atoms with Crippen molar-refractivity contribution in [2.45, 2.75) is 11.3 Å². The van der Waals surface area contributed by atoms with E-state index >= 15 is 0 Å². The van der Waals surface area contributed by atoms with Gasteiger partial charge in [-0.2, -0.15) is 0 Å². The molecule has 0 saturated carbocycles. The van der Waals surface area contributed by atoms with Crippen LogP contribution in [0.1, 0.15) is 5.01 Å². The summed E-state index contributed by atoms with van der Waals surface area (Å²) < 4.78 is 0.834. The van der Waals surface area contributed by atoms with Crippen LogP contribution in [0.3, 0.4) is 0 Å². The third-order valence-corrected chi connectivity index (χ3v) is 2.59. The van der Waals surface area contributed by atoms with E-state index in [0.29, 0.717) is 5.75 Å². The average molecular weight is 173 g/mol. The zero-order valence-electron chi connectivity index (χ0n) is 5.33. The molecule has 1 aromatic heterocycles. The highest BCUT2D eigenvalue weighted by molar-refractivity contribution is 8.01. The van der Waals surface area contributed by atoms with Gasteiger partial charge in [-0.25, -0.2) is 0 Å². The minimum absolute atomic E-state index is 0.342. The Hall–Kier alpha value is -0.420. The summed E-state index contributed by atoms with van der Waals surface area (Å²) >= 11 is 2.85.